The summed E-state index contributed by atoms with van der Waals surface area (Å²) in [5.74, 6) is 0.922. The van der Waals surface area contributed by atoms with Crippen LogP contribution in [0, 0.1) is 6.92 Å². The smallest absolute Gasteiger partial charge is 0.220 e. The van der Waals surface area contributed by atoms with Gasteiger partial charge in [-0.3, -0.25) is 8.97 Å². The Hall–Kier alpha value is -4.83. The Morgan fingerprint density at radius 3 is 2.08 bits per heavy atom. The van der Waals surface area contributed by atoms with Crippen LogP contribution in [0.1, 0.15) is 5.56 Å². The quantitative estimate of drug-likeness (QED) is 0.257. The van der Waals surface area contributed by atoms with Crippen LogP contribution >= 0.6 is 0 Å². The van der Waals surface area contributed by atoms with Crippen molar-refractivity contribution < 1.29 is 0 Å². The lowest BCUT2D eigenvalue weighted by molar-refractivity contribution is 1.11. The Labute approximate surface area is 207 Å². The summed E-state index contributed by atoms with van der Waals surface area (Å²) in [6.45, 7) is 2.15. The maximum Gasteiger partial charge on any atom is 0.220 e. The molecule has 0 saturated carbocycles. The summed E-state index contributed by atoms with van der Waals surface area (Å²) in [7, 11) is 0. The van der Waals surface area contributed by atoms with E-state index < -0.39 is 0 Å². The summed E-state index contributed by atoms with van der Waals surface area (Å²) in [6, 6.07) is 40.9. The molecule has 0 aliphatic rings. The number of aromatic nitrogens is 4. The molecule has 0 fully saturated rings. The molecular formula is C32H22N4. The molecule has 3 aromatic heterocycles. The van der Waals surface area contributed by atoms with Crippen LogP contribution < -0.4 is 0 Å². The van der Waals surface area contributed by atoms with Crippen molar-refractivity contribution in [3.63, 3.8) is 0 Å². The van der Waals surface area contributed by atoms with E-state index in [0.29, 0.717) is 0 Å². The number of nitrogens with zero attached hydrogens (tertiary/aromatic N) is 4. The average Bonchev–Trinajstić information content (AvgIpc) is 3.55. The number of hydrogen-bond acceptors (Lipinski definition) is 1. The first-order valence-electron chi connectivity index (χ1n) is 12.3. The Balaban J connectivity index is 1.65. The Morgan fingerprint density at radius 2 is 1.25 bits per heavy atom. The van der Waals surface area contributed by atoms with Crippen molar-refractivity contribution in [2.75, 3.05) is 0 Å². The Bertz CT molecular complexity index is 2110. The van der Waals surface area contributed by atoms with Crippen molar-refractivity contribution in [1.29, 1.82) is 0 Å². The van der Waals surface area contributed by atoms with Gasteiger partial charge in [-0.05, 0) is 67.1 Å². The summed E-state index contributed by atoms with van der Waals surface area (Å²) in [4.78, 5) is 5.21. The second-order valence-corrected chi connectivity index (χ2v) is 9.43. The lowest BCUT2D eigenvalue weighted by Gasteiger charge is -2.09. The number of para-hydroxylation sites is 4. The number of benzene rings is 5. The first-order chi connectivity index (χ1) is 17.8. The SMILES string of the molecule is Cc1cccc(-n2c3ccccc3c3ccc4nc5n(-c6ccccc6)c6ccccc6n5c4c32)c1. The van der Waals surface area contributed by atoms with Crippen molar-refractivity contribution in [3.8, 4) is 11.4 Å². The normalized spacial score (nSPS) is 12.0. The molecule has 0 amide bonds. The third-order valence-electron chi connectivity index (χ3n) is 7.27. The highest BCUT2D eigenvalue weighted by Gasteiger charge is 2.22. The van der Waals surface area contributed by atoms with Crippen LogP contribution in [0.4, 0.5) is 0 Å². The molecular weight excluding hydrogens is 440 g/mol. The zero-order valence-corrected chi connectivity index (χ0v) is 19.8. The van der Waals surface area contributed by atoms with Gasteiger partial charge in [-0.2, -0.15) is 0 Å². The highest BCUT2D eigenvalue weighted by molar-refractivity contribution is 6.18. The van der Waals surface area contributed by atoms with Gasteiger partial charge in [0.1, 0.15) is 0 Å². The summed E-state index contributed by atoms with van der Waals surface area (Å²) in [5.41, 5.74) is 10.3. The van der Waals surface area contributed by atoms with E-state index in [1.807, 2.05) is 0 Å². The van der Waals surface area contributed by atoms with Crippen molar-refractivity contribution in [2.24, 2.45) is 0 Å². The molecule has 170 valence electrons. The molecule has 4 nitrogen and oxygen atoms in total. The second-order valence-electron chi connectivity index (χ2n) is 9.43. The van der Waals surface area contributed by atoms with E-state index in [1.54, 1.807) is 0 Å². The monoisotopic (exact) mass is 462 g/mol. The van der Waals surface area contributed by atoms with Crippen LogP contribution in [0.5, 0.6) is 0 Å². The van der Waals surface area contributed by atoms with Gasteiger partial charge < -0.3 is 4.57 Å². The fraction of sp³-hybridized carbons (Fsp3) is 0.0312. The molecule has 3 heterocycles. The van der Waals surface area contributed by atoms with E-state index in [-0.39, 0.29) is 0 Å². The minimum atomic E-state index is 0.922. The number of fused-ring (bicyclic) bond motifs is 9. The lowest BCUT2D eigenvalue weighted by atomic mass is 10.1. The van der Waals surface area contributed by atoms with Gasteiger partial charge in [0.25, 0.3) is 0 Å². The van der Waals surface area contributed by atoms with Crippen LogP contribution in [0.3, 0.4) is 0 Å². The van der Waals surface area contributed by atoms with E-state index in [1.165, 1.54) is 27.4 Å². The van der Waals surface area contributed by atoms with Gasteiger partial charge in [-0.15, -0.1) is 0 Å². The minimum absolute atomic E-state index is 0.922. The fourth-order valence-electron chi connectivity index (χ4n) is 5.79. The lowest BCUT2D eigenvalue weighted by Crippen LogP contribution is -1.96. The molecule has 0 aliphatic heterocycles. The highest BCUT2D eigenvalue weighted by Crippen LogP contribution is 2.39. The first-order valence-corrected chi connectivity index (χ1v) is 12.3. The molecule has 0 N–H and O–H groups in total. The Morgan fingerprint density at radius 1 is 0.528 bits per heavy atom. The predicted molar refractivity (Wildman–Crippen MR) is 149 cm³/mol. The van der Waals surface area contributed by atoms with Gasteiger partial charge in [0.05, 0.1) is 33.1 Å². The molecule has 0 atom stereocenters. The Kier molecular flexibility index (Phi) is 3.84. The van der Waals surface area contributed by atoms with Gasteiger partial charge in [0.2, 0.25) is 5.78 Å². The summed E-state index contributed by atoms with van der Waals surface area (Å²) in [5, 5.41) is 2.48. The number of aryl methyl sites for hydroxylation is 1. The van der Waals surface area contributed by atoms with Crippen LogP contribution in [-0.4, -0.2) is 18.5 Å². The number of rotatable bonds is 2. The molecule has 8 rings (SSSR count). The first kappa shape index (κ1) is 19.5. The molecule has 36 heavy (non-hydrogen) atoms. The fourth-order valence-corrected chi connectivity index (χ4v) is 5.79. The molecule has 0 radical (unpaired) electrons. The van der Waals surface area contributed by atoms with Crippen LogP contribution in [0.15, 0.2) is 115 Å². The molecule has 0 unspecified atom stereocenters. The molecule has 4 heteroatoms. The molecule has 8 aromatic rings. The molecule has 5 aromatic carbocycles. The maximum atomic E-state index is 5.21. The zero-order chi connectivity index (χ0) is 23.8. The van der Waals surface area contributed by atoms with E-state index >= 15 is 0 Å². The summed E-state index contributed by atoms with van der Waals surface area (Å²) < 4.78 is 7.01. The number of imidazole rings is 2. The standard InChI is InChI=1S/C32H22N4/c1-21-10-9-13-23(20-21)34-27-15-6-5-14-24(27)25-18-19-26-31(30(25)34)36-29-17-8-7-16-28(29)35(32(36)33-26)22-11-3-2-4-12-22/h2-20H,1H3. The molecule has 0 spiro atoms. The van der Waals surface area contributed by atoms with E-state index in [9.17, 15) is 0 Å². The van der Waals surface area contributed by atoms with Gasteiger partial charge in [-0.1, -0.05) is 60.7 Å². The molecule has 0 bridgehead atoms. The van der Waals surface area contributed by atoms with E-state index in [2.05, 4.69) is 136 Å². The van der Waals surface area contributed by atoms with Gasteiger partial charge in [0.15, 0.2) is 0 Å². The maximum absolute atomic E-state index is 5.21. The summed E-state index contributed by atoms with van der Waals surface area (Å²) >= 11 is 0. The van der Waals surface area contributed by atoms with Crippen molar-refractivity contribution in [2.45, 2.75) is 6.92 Å². The van der Waals surface area contributed by atoms with E-state index in [4.69, 9.17) is 4.98 Å². The second kappa shape index (κ2) is 7.09. The average molecular weight is 463 g/mol. The van der Waals surface area contributed by atoms with Crippen LogP contribution in [-0.2, 0) is 0 Å². The third kappa shape index (κ3) is 2.50. The molecule has 0 saturated heterocycles. The predicted octanol–water partition coefficient (Wildman–Crippen LogP) is 7.84. The van der Waals surface area contributed by atoms with Crippen LogP contribution in [0.25, 0.3) is 61.0 Å². The minimum Gasteiger partial charge on any atom is -0.307 e. The van der Waals surface area contributed by atoms with Gasteiger partial charge >= 0.3 is 0 Å². The van der Waals surface area contributed by atoms with Gasteiger partial charge in [-0.25, -0.2) is 4.98 Å². The van der Waals surface area contributed by atoms with Crippen LogP contribution in [0.2, 0.25) is 0 Å². The highest BCUT2D eigenvalue weighted by atomic mass is 15.2. The van der Waals surface area contributed by atoms with Gasteiger partial charge in [0, 0.05) is 22.1 Å². The number of hydrogen-bond donors (Lipinski definition) is 0. The zero-order valence-electron chi connectivity index (χ0n) is 19.8. The van der Waals surface area contributed by atoms with Crippen molar-refractivity contribution in [1.82, 2.24) is 18.5 Å². The topological polar surface area (TPSA) is 27.2 Å². The molecule has 0 aliphatic carbocycles. The third-order valence-corrected chi connectivity index (χ3v) is 7.27. The van der Waals surface area contributed by atoms with Crippen molar-refractivity contribution in [3.05, 3.63) is 121 Å². The summed E-state index contributed by atoms with van der Waals surface area (Å²) in [6.07, 6.45) is 0. The van der Waals surface area contributed by atoms with E-state index in [0.717, 1.165) is 39.2 Å². The largest absolute Gasteiger partial charge is 0.307 e. The van der Waals surface area contributed by atoms with Crippen molar-refractivity contribution >= 4 is 49.7 Å².